The number of halogens is 1. The normalized spacial score (nSPS) is 11.3. The van der Waals surface area contributed by atoms with Gasteiger partial charge in [-0.1, -0.05) is 78.3 Å². The van der Waals surface area contributed by atoms with E-state index in [1.165, 1.54) is 0 Å². The first-order valence-electron chi connectivity index (χ1n) is 13.7. The number of phenolic OH excluding ortho intramolecular Hbond substituents is 1. The summed E-state index contributed by atoms with van der Waals surface area (Å²) in [6, 6.07) is 27.4. The molecule has 5 aromatic rings. The highest BCUT2D eigenvalue weighted by Crippen LogP contribution is 2.37. The Balaban J connectivity index is 1.40. The first-order valence-corrected chi connectivity index (χ1v) is 14.0. The number of esters is 2. The number of benzene rings is 4. The molecule has 4 aromatic carbocycles. The first-order chi connectivity index (χ1) is 20.5. The Kier molecular flexibility index (Phi) is 8.37. The van der Waals surface area contributed by atoms with Gasteiger partial charge in [-0.3, -0.25) is 14.4 Å². The summed E-state index contributed by atoms with van der Waals surface area (Å²) in [4.78, 5) is 40.2. The number of H-pyrrole nitrogens is 1. The monoisotopic (exact) mass is 595 g/mol. The van der Waals surface area contributed by atoms with Gasteiger partial charge in [0.1, 0.15) is 5.75 Å². The number of nitrogens with one attached hydrogen (secondary N) is 1. The largest absolute Gasteiger partial charge is 0.507 e. The van der Waals surface area contributed by atoms with Crippen molar-refractivity contribution < 1.29 is 24.2 Å². The van der Waals surface area contributed by atoms with Crippen LogP contribution in [-0.4, -0.2) is 28.8 Å². The second-order valence-electron chi connectivity index (χ2n) is 11.2. The van der Waals surface area contributed by atoms with E-state index in [0.717, 1.165) is 16.5 Å². The molecule has 0 fully saturated rings. The standard InChI is InChI=1S/C35H30ClNO6/c1-35(2,3)34(41)43-20-42-32(39)15-21-8-7-11-23(14-21)28-17-25-16-27(29(36)19-30(25)37-33(28)40)24-12-13-26(31(38)18-24)22-9-5-4-6-10-22/h4-14,16-19,38H,15,20H2,1-3H3,(H,37,40). The number of aromatic amines is 1. The molecule has 0 aliphatic carbocycles. The van der Waals surface area contributed by atoms with Crippen molar-refractivity contribution in [1.29, 1.82) is 0 Å². The van der Waals surface area contributed by atoms with Gasteiger partial charge in [0, 0.05) is 22.2 Å². The van der Waals surface area contributed by atoms with Crippen molar-refractivity contribution in [2.75, 3.05) is 6.79 Å². The highest BCUT2D eigenvalue weighted by molar-refractivity contribution is 6.34. The highest BCUT2D eigenvalue weighted by Gasteiger charge is 2.23. The van der Waals surface area contributed by atoms with E-state index in [2.05, 4.69) is 4.98 Å². The molecule has 5 rings (SSSR count). The number of pyridine rings is 1. The van der Waals surface area contributed by atoms with Gasteiger partial charge in [-0.05, 0) is 72.7 Å². The Morgan fingerprint density at radius 3 is 2.21 bits per heavy atom. The summed E-state index contributed by atoms with van der Waals surface area (Å²) in [6.07, 6.45) is -0.0609. The van der Waals surface area contributed by atoms with Crippen LogP contribution in [0.1, 0.15) is 26.3 Å². The summed E-state index contributed by atoms with van der Waals surface area (Å²) in [6.45, 7) is 4.67. The number of phenols is 1. The average molecular weight is 596 g/mol. The van der Waals surface area contributed by atoms with Crippen molar-refractivity contribution in [1.82, 2.24) is 4.98 Å². The second-order valence-corrected chi connectivity index (χ2v) is 11.6. The Labute approximate surface area is 253 Å². The molecule has 0 saturated carbocycles. The Bertz CT molecular complexity index is 1890. The molecule has 8 heteroatoms. The van der Waals surface area contributed by atoms with Gasteiger partial charge >= 0.3 is 11.9 Å². The van der Waals surface area contributed by atoms with Gasteiger partial charge in [-0.15, -0.1) is 0 Å². The van der Waals surface area contributed by atoms with Crippen LogP contribution >= 0.6 is 11.6 Å². The zero-order chi connectivity index (χ0) is 30.7. The van der Waals surface area contributed by atoms with E-state index in [4.69, 9.17) is 21.1 Å². The second kappa shape index (κ2) is 12.2. The van der Waals surface area contributed by atoms with Crippen LogP contribution in [0.4, 0.5) is 0 Å². The van der Waals surface area contributed by atoms with E-state index in [-0.39, 0.29) is 17.7 Å². The maximum absolute atomic E-state index is 13.1. The molecule has 0 radical (unpaired) electrons. The Morgan fingerprint density at radius 1 is 0.791 bits per heavy atom. The molecule has 2 N–H and O–H groups in total. The van der Waals surface area contributed by atoms with E-state index in [0.29, 0.717) is 38.4 Å². The minimum atomic E-state index is -0.700. The minimum absolute atomic E-state index is 0.0609. The number of carbonyl (C=O) groups excluding carboxylic acids is 2. The van der Waals surface area contributed by atoms with Crippen LogP contribution in [0.5, 0.6) is 5.75 Å². The van der Waals surface area contributed by atoms with E-state index in [9.17, 15) is 19.5 Å². The summed E-state index contributed by atoms with van der Waals surface area (Å²) >= 11 is 6.63. The summed E-state index contributed by atoms with van der Waals surface area (Å²) in [5, 5.41) is 12.0. The number of fused-ring (bicyclic) bond motifs is 1. The Hall–Kier alpha value is -4.88. The number of hydrogen-bond acceptors (Lipinski definition) is 6. The lowest BCUT2D eigenvalue weighted by Gasteiger charge is -2.16. The summed E-state index contributed by atoms with van der Waals surface area (Å²) in [5.74, 6) is -0.903. The van der Waals surface area contributed by atoms with Crippen LogP contribution in [-0.2, 0) is 25.5 Å². The molecule has 0 saturated heterocycles. The molecule has 0 spiro atoms. The molecular formula is C35H30ClNO6. The molecule has 0 unspecified atom stereocenters. The molecule has 0 aliphatic heterocycles. The lowest BCUT2D eigenvalue weighted by Crippen LogP contribution is -2.25. The third kappa shape index (κ3) is 6.79. The smallest absolute Gasteiger partial charge is 0.314 e. The minimum Gasteiger partial charge on any atom is -0.507 e. The molecule has 7 nitrogen and oxygen atoms in total. The van der Waals surface area contributed by atoms with Crippen molar-refractivity contribution >= 4 is 34.4 Å². The van der Waals surface area contributed by atoms with Crippen molar-refractivity contribution in [2.45, 2.75) is 27.2 Å². The fraction of sp³-hybridized carbons (Fsp3) is 0.171. The number of ether oxygens (including phenoxy) is 2. The summed E-state index contributed by atoms with van der Waals surface area (Å²) in [7, 11) is 0. The number of carbonyl (C=O) groups is 2. The van der Waals surface area contributed by atoms with Gasteiger partial charge in [0.2, 0.25) is 6.79 Å². The third-order valence-corrected chi connectivity index (χ3v) is 7.25. The van der Waals surface area contributed by atoms with Crippen LogP contribution in [0.15, 0.2) is 95.8 Å². The van der Waals surface area contributed by atoms with E-state index >= 15 is 0 Å². The Morgan fingerprint density at radius 2 is 1.49 bits per heavy atom. The lowest BCUT2D eigenvalue weighted by molar-refractivity contribution is -0.172. The van der Waals surface area contributed by atoms with Crippen LogP contribution in [0.25, 0.3) is 44.3 Å². The molecule has 0 aliphatic rings. The molecule has 218 valence electrons. The SMILES string of the molecule is CC(C)(C)C(=O)OCOC(=O)Cc1cccc(-c2cc3cc(-c4ccc(-c5ccccc5)c(O)c4)c(Cl)cc3[nH]c2=O)c1. The van der Waals surface area contributed by atoms with Crippen LogP contribution < -0.4 is 5.56 Å². The van der Waals surface area contributed by atoms with E-state index in [1.807, 2.05) is 48.5 Å². The zero-order valence-electron chi connectivity index (χ0n) is 23.9. The highest BCUT2D eigenvalue weighted by atomic mass is 35.5. The van der Waals surface area contributed by atoms with E-state index < -0.39 is 24.1 Å². The molecule has 1 heterocycles. The number of aromatic hydroxyl groups is 1. The maximum atomic E-state index is 13.1. The van der Waals surface area contributed by atoms with Gasteiger partial charge in [-0.2, -0.15) is 0 Å². The predicted molar refractivity (Wildman–Crippen MR) is 168 cm³/mol. The van der Waals surface area contributed by atoms with Crippen molar-refractivity contribution in [3.05, 3.63) is 112 Å². The van der Waals surface area contributed by atoms with Crippen molar-refractivity contribution in [2.24, 2.45) is 5.41 Å². The fourth-order valence-corrected chi connectivity index (χ4v) is 4.93. The zero-order valence-corrected chi connectivity index (χ0v) is 24.7. The quantitative estimate of drug-likeness (QED) is 0.149. The molecule has 1 aromatic heterocycles. The predicted octanol–water partition coefficient (Wildman–Crippen LogP) is 7.52. The summed E-state index contributed by atoms with van der Waals surface area (Å²) in [5.41, 5.74) is 4.26. The van der Waals surface area contributed by atoms with Crippen LogP contribution in [0.2, 0.25) is 5.02 Å². The van der Waals surface area contributed by atoms with Crippen molar-refractivity contribution in [3.63, 3.8) is 0 Å². The number of hydrogen-bond donors (Lipinski definition) is 2. The lowest BCUT2D eigenvalue weighted by atomic mass is 9.97. The molecule has 43 heavy (non-hydrogen) atoms. The maximum Gasteiger partial charge on any atom is 0.314 e. The van der Waals surface area contributed by atoms with E-state index in [1.54, 1.807) is 63.2 Å². The van der Waals surface area contributed by atoms with Gasteiger partial charge in [0.15, 0.2) is 0 Å². The van der Waals surface area contributed by atoms with Gasteiger partial charge in [0.05, 0.1) is 16.9 Å². The summed E-state index contributed by atoms with van der Waals surface area (Å²) < 4.78 is 10.1. The topological polar surface area (TPSA) is 106 Å². The van der Waals surface area contributed by atoms with Crippen LogP contribution in [0.3, 0.4) is 0 Å². The molecule has 0 atom stereocenters. The first kappa shape index (κ1) is 29.6. The molecule has 0 bridgehead atoms. The average Bonchev–Trinajstić information content (AvgIpc) is 2.96. The molecular weight excluding hydrogens is 566 g/mol. The third-order valence-electron chi connectivity index (χ3n) is 6.93. The number of rotatable bonds is 7. The van der Waals surface area contributed by atoms with Gasteiger partial charge in [0.25, 0.3) is 5.56 Å². The number of aromatic nitrogens is 1. The van der Waals surface area contributed by atoms with Crippen LogP contribution in [0, 0.1) is 5.41 Å². The van der Waals surface area contributed by atoms with Gasteiger partial charge < -0.3 is 19.6 Å². The molecule has 0 amide bonds. The fourth-order valence-electron chi connectivity index (χ4n) is 4.66. The van der Waals surface area contributed by atoms with Crippen molar-refractivity contribution in [3.8, 4) is 39.1 Å². The van der Waals surface area contributed by atoms with Gasteiger partial charge in [-0.25, -0.2) is 0 Å².